The highest BCUT2D eigenvalue weighted by Gasteiger charge is 2.28. The number of hydrogen-bond acceptors (Lipinski definition) is 4. The van der Waals surface area contributed by atoms with E-state index in [0.717, 1.165) is 17.5 Å². The first kappa shape index (κ1) is 16.9. The molecule has 1 aliphatic heterocycles. The molecule has 0 aromatic carbocycles. The summed E-state index contributed by atoms with van der Waals surface area (Å²) in [7, 11) is 0. The molecular weight excluding hydrogens is 286 g/mol. The van der Waals surface area contributed by atoms with Crippen molar-refractivity contribution in [3.63, 3.8) is 0 Å². The molecule has 1 aromatic rings. The minimum atomic E-state index is -0.435. The number of aliphatic hydroxyl groups is 1. The Morgan fingerprint density at radius 3 is 2.65 bits per heavy atom. The molecule has 2 N–H and O–H groups in total. The van der Waals surface area contributed by atoms with Crippen LogP contribution in [0.15, 0.2) is 24.5 Å². The van der Waals surface area contributed by atoms with Crippen LogP contribution < -0.4 is 5.32 Å². The number of rotatable bonds is 5. The van der Waals surface area contributed by atoms with Gasteiger partial charge in [0, 0.05) is 31.0 Å². The van der Waals surface area contributed by atoms with Crippen molar-refractivity contribution in [2.45, 2.75) is 63.6 Å². The number of pyridine rings is 1. The SMILES string of the molecule is CC1CCCC(N2CCC(NCC(O)c3ccncc3)CC2)C1. The van der Waals surface area contributed by atoms with Crippen molar-refractivity contribution in [3.8, 4) is 0 Å². The summed E-state index contributed by atoms with van der Waals surface area (Å²) >= 11 is 0. The number of piperidine rings is 1. The van der Waals surface area contributed by atoms with Crippen LogP contribution in [0.2, 0.25) is 0 Å². The predicted molar refractivity (Wildman–Crippen MR) is 93.2 cm³/mol. The van der Waals surface area contributed by atoms with E-state index < -0.39 is 6.10 Å². The Morgan fingerprint density at radius 1 is 1.22 bits per heavy atom. The van der Waals surface area contributed by atoms with E-state index in [4.69, 9.17) is 0 Å². The summed E-state index contributed by atoms with van der Waals surface area (Å²) in [6.07, 6.45) is 11.0. The molecule has 4 heteroatoms. The van der Waals surface area contributed by atoms with Gasteiger partial charge in [0.2, 0.25) is 0 Å². The fourth-order valence-corrected chi connectivity index (χ4v) is 4.18. The number of nitrogens with one attached hydrogen (secondary N) is 1. The average Bonchev–Trinajstić information content (AvgIpc) is 2.61. The van der Waals surface area contributed by atoms with E-state index in [-0.39, 0.29) is 0 Å². The second-order valence-corrected chi connectivity index (χ2v) is 7.44. The second-order valence-electron chi connectivity index (χ2n) is 7.44. The van der Waals surface area contributed by atoms with E-state index in [9.17, 15) is 5.11 Å². The second kappa shape index (κ2) is 8.22. The van der Waals surface area contributed by atoms with Crippen molar-refractivity contribution in [1.29, 1.82) is 0 Å². The highest BCUT2D eigenvalue weighted by molar-refractivity contribution is 5.13. The lowest BCUT2D eigenvalue weighted by molar-refractivity contribution is 0.0950. The fraction of sp³-hybridized carbons (Fsp3) is 0.737. The fourth-order valence-electron chi connectivity index (χ4n) is 4.18. The molecule has 0 amide bonds. The molecule has 2 fully saturated rings. The van der Waals surface area contributed by atoms with E-state index in [1.54, 1.807) is 12.4 Å². The van der Waals surface area contributed by atoms with Crippen molar-refractivity contribution in [1.82, 2.24) is 15.2 Å². The van der Waals surface area contributed by atoms with Crippen molar-refractivity contribution in [2.24, 2.45) is 5.92 Å². The van der Waals surface area contributed by atoms with Crippen LogP contribution in [0.5, 0.6) is 0 Å². The van der Waals surface area contributed by atoms with E-state index in [1.165, 1.54) is 51.6 Å². The van der Waals surface area contributed by atoms with Crippen LogP contribution in [-0.4, -0.2) is 46.7 Å². The molecule has 0 spiro atoms. The van der Waals surface area contributed by atoms with Gasteiger partial charge in [0.05, 0.1) is 6.10 Å². The zero-order valence-corrected chi connectivity index (χ0v) is 14.3. The summed E-state index contributed by atoms with van der Waals surface area (Å²) in [6.45, 7) is 5.46. The molecule has 1 saturated carbocycles. The lowest BCUT2D eigenvalue weighted by Crippen LogP contribution is -2.48. The van der Waals surface area contributed by atoms with E-state index in [1.807, 2.05) is 12.1 Å². The van der Waals surface area contributed by atoms with Gasteiger partial charge in [-0.3, -0.25) is 4.98 Å². The lowest BCUT2D eigenvalue weighted by Gasteiger charge is -2.41. The maximum atomic E-state index is 10.2. The van der Waals surface area contributed by atoms with Crippen molar-refractivity contribution in [3.05, 3.63) is 30.1 Å². The van der Waals surface area contributed by atoms with Gasteiger partial charge in [0.15, 0.2) is 0 Å². The normalized spacial score (nSPS) is 28.6. The summed E-state index contributed by atoms with van der Waals surface area (Å²) in [6, 6.07) is 5.14. The molecule has 4 nitrogen and oxygen atoms in total. The van der Waals surface area contributed by atoms with Crippen LogP contribution in [0, 0.1) is 5.92 Å². The monoisotopic (exact) mass is 317 g/mol. The molecule has 2 aliphatic rings. The van der Waals surface area contributed by atoms with E-state index in [0.29, 0.717) is 12.6 Å². The number of aliphatic hydroxyl groups excluding tert-OH is 1. The summed E-state index contributed by atoms with van der Waals surface area (Å²) in [5.41, 5.74) is 0.945. The van der Waals surface area contributed by atoms with Gasteiger partial charge < -0.3 is 15.3 Å². The average molecular weight is 317 g/mol. The molecule has 0 bridgehead atoms. The third-order valence-electron chi connectivity index (χ3n) is 5.65. The molecule has 23 heavy (non-hydrogen) atoms. The van der Waals surface area contributed by atoms with Gasteiger partial charge in [-0.1, -0.05) is 19.8 Å². The maximum absolute atomic E-state index is 10.2. The van der Waals surface area contributed by atoms with Crippen LogP contribution in [0.25, 0.3) is 0 Å². The first-order chi connectivity index (χ1) is 11.2. The van der Waals surface area contributed by atoms with Crippen LogP contribution in [-0.2, 0) is 0 Å². The van der Waals surface area contributed by atoms with Crippen LogP contribution in [0.3, 0.4) is 0 Å². The third kappa shape index (κ3) is 4.75. The lowest BCUT2D eigenvalue weighted by atomic mass is 9.85. The molecule has 1 aromatic heterocycles. The van der Waals surface area contributed by atoms with Gasteiger partial charge in [0.1, 0.15) is 0 Å². The highest BCUT2D eigenvalue weighted by atomic mass is 16.3. The summed E-state index contributed by atoms with van der Waals surface area (Å²) in [5.74, 6) is 0.903. The van der Waals surface area contributed by atoms with Crippen molar-refractivity contribution < 1.29 is 5.11 Å². The molecule has 0 radical (unpaired) electrons. The number of likely N-dealkylation sites (tertiary alicyclic amines) is 1. The predicted octanol–water partition coefficient (Wildman–Crippen LogP) is 2.75. The summed E-state index contributed by atoms with van der Waals surface area (Å²) in [4.78, 5) is 6.71. The van der Waals surface area contributed by atoms with Gasteiger partial charge in [-0.15, -0.1) is 0 Å². The molecule has 128 valence electrons. The summed E-state index contributed by atoms with van der Waals surface area (Å²) in [5, 5.41) is 13.8. The van der Waals surface area contributed by atoms with Gasteiger partial charge in [0.25, 0.3) is 0 Å². The zero-order chi connectivity index (χ0) is 16.1. The molecular formula is C19H31N3O. The third-order valence-corrected chi connectivity index (χ3v) is 5.65. The number of nitrogens with zero attached hydrogens (tertiary/aromatic N) is 2. The summed E-state index contributed by atoms with van der Waals surface area (Å²) < 4.78 is 0. The quantitative estimate of drug-likeness (QED) is 0.877. The van der Waals surface area contributed by atoms with Crippen LogP contribution in [0.1, 0.15) is 57.1 Å². The Morgan fingerprint density at radius 2 is 1.96 bits per heavy atom. The number of hydrogen-bond donors (Lipinski definition) is 2. The van der Waals surface area contributed by atoms with Crippen molar-refractivity contribution >= 4 is 0 Å². The largest absolute Gasteiger partial charge is 0.387 e. The van der Waals surface area contributed by atoms with E-state index >= 15 is 0 Å². The van der Waals surface area contributed by atoms with Crippen LogP contribution >= 0.6 is 0 Å². The minimum absolute atomic E-state index is 0.435. The van der Waals surface area contributed by atoms with E-state index in [2.05, 4.69) is 22.1 Å². The Balaban J connectivity index is 1.39. The molecule has 3 unspecified atom stereocenters. The van der Waals surface area contributed by atoms with Crippen molar-refractivity contribution in [2.75, 3.05) is 19.6 Å². The van der Waals surface area contributed by atoms with Gasteiger partial charge in [-0.25, -0.2) is 0 Å². The molecule has 3 rings (SSSR count). The smallest absolute Gasteiger partial charge is 0.0915 e. The Bertz CT molecular complexity index is 459. The Labute approximate surface area is 140 Å². The van der Waals surface area contributed by atoms with Gasteiger partial charge in [-0.05, 0) is 62.4 Å². The van der Waals surface area contributed by atoms with Gasteiger partial charge in [-0.2, -0.15) is 0 Å². The first-order valence-electron chi connectivity index (χ1n) is 9.28. The van der Waals surface area contributed by atoms with Gasteiger partial charge >= 0.3 is 0 Å². The minimum Gasteiger partial charge on any atom is -0.387 e. The highest BCUT2D eigenvalue weighted by Crippen LogP contribution is 2.29. The molecule has 2 heterocycles. The first-order valence-corrected chi connectivity index (χ1v) is 9.28. The maximum Gasteiger partial charge on any atom is 0.0915 e. The standard InChI is InChI=1S/C19H31N3O/c1-15-3-2-4-18(13-15)22-11-7-17(8-12-22)21-14-19(23)16-5-9-20-10-6-16/h5-6,9-10,15,17-19,21,23H,2-4,7-8,11-14H2,1H3. The molecule has 1 saturated heterocycles. The Hall–Kier alpha value is -0.970. The topological polar surface area (TPSA) is 48.4 Å². The number of aromatic nitrogens is 1. The Kier molecular flexibility index (Phi) is 6.03. The molecule has 3 atom stereocenters. The zero-order valence-electron chi connectivity index (χ0n) is 14.3. The molecule has 1 aliphatic carbocycles. The van der Waals surface area contributed by atoms with Crippen LogP contribution in [0.4, 0.5) is 0 Å².